The highest BCUT2D eigenvalue weighted by atomic mass is 15.2. The molecule has 0 spiro atoms. The fourth-order valence-electron chi connectivity index (χ4n) is 8.88. The van der Waals surface area contributed by atoms with E-state index in [1.165, 1.54) is 43.4 Å². The lowest BCUT2D eigenvalue weighted by atomic mass is 9.92. The Morgan fingerprint density at radius 3 is 1.37 bits per heavy atom. The number of hydrogen-bond acceptors (Lipinski definition) is 2. The second-order valence-electron chi connectivity index (χ2n) is 15.0. The van der Waals surface area contributed by atoms with Gasteiger partial charge in [-0.15, -0.1) is 0 Å². The number of fused-ring (bicyclic) bond motifs is 6. The molecule has 3 nitrogen and oxygen atoms in total. The van der Waals surface area contributed by atoms with Gasteiger partial charge in [0.05, 0.1) is 11.0 Å². The number of anilines is 6. The molecule has 0 radical (unpaired) electrons. The van der Waals surface area contributed by atoms with Crippen LogP contribution in [0.1, 0.15) is 0 Å². The van der Waals surface area contributed by atoms with Crippen LogP contribution >= 0.6 is 0 Å². The van der Waals surface area contributed by atoms with Crippen LogP contribution in [-0.4, -0.2) is 4.57 Å². The van der Waals surface area contributed by atoms with E-state index in [1.54, 1.807) is 0 Å². The number of para-hydroxylation sites is 5. The zero-order valence-electron chi connectivity index (χ0n) is 32.4. The number of hydrogen-bond donors (Lipinski definition) is 0. The topological polar surface area (TPSA) is 11.4 Å². The molecule has 0 fully saturated rings. The van der Waals surface area contributed by atoms with Crippen molar-refractivity contribution in [3.05, 3.63) is 237 Å². The highest BCUT2D eigenvalue weighted by Crippen LogP contribution is 2.46. The lowest BCUT2D eigenvalue weighted by Crippen LogP contribution is -2.13. The van der Waals surface area contributed by atoms with Crippen LogP contribution in [0, 0.1) is 0 Å². The first-order valence-corrected chi connectivity index (χ1v) is 20.2. The van der Waals surface area contributed by atoms with E-state index >= 15 is 0 Å². The first-order valence-electron chi connectivity index (χ1n) is 20.2. The summed E-state index contributed by atoms with van der Waals surface area (Å²) >= 11 is 0. The summed E-state index contributed by atoms with van der Waals surface area (Å²) < 4.78 is 2.40. The number of aromatic nitrogens is 1. The van der Waals surface area contributed by atoms with Crippen molar-refractivity contribution in [1.82, 2.24) is 4.57 Å². The number of nitrogens with zero attached hydrogens (tertiary/aromatic N) is 3. The molecule has 10 aromatic carbocycles. The standard InChI is InChI=1S/C56H39N3/c1-5-20-42(21-6-1)57(43-22-7-2-8-23-43)47-35-41(54-37-40-19-13-14-28-49(40)50-29-15-16-30-51(50)54)36-48(38-47)58(44-24-9-3-10-25-44)46-33-34-53-52-31-17-18-32-55(52)59(56(53)39-46)45-26-11-4-12-27-45/h1-39H. The first-order chi connectivity index (χ1) is 29.3. The van der Waals surface area contributed by atoms with Crippen molar-refractivity contribution in [3.8, 4) is 16.8 Å². The molecule has 0 aliphatic rings. The minimum atomic E-state index is 1.06. The number of benzene rings is 10. The van der Waals surface area contributed by atoms with Gasteiger partial charge in [0.25, 0.3) is 0 Å². The van der Waals surface area contributed by atoms with E-state index in [1.807, 2.05) is 0 Å². The number of rotatable bonds is 8. The van der Waals surface area contributed by atoms with Crippen LogP contribution in [0.4, 0.5) is 34.1 Å². The molecular weight excluding hydrogens is 715 g/mol. The molecule has 0 aliphatic heterocycles. The SMILES string of the molecule is c1ccc(N(c2ccccc2)c2cc(-c3cc4ccccc4c4ccccc34)cc(N(c3ccccc3)c3ccc4c5ccccc5n(-c5ccccc5)c4c3)c2)cc1. The predicted octanol–water partition coefficient (Wildman–Crippen LogP) is 15.7. The van der Waals surface area contributed by atoms with Crippen molar-refractivity contribution in [2.75, 3.05) is 9.80 Å². The summed E-state index contributed by atoms with van der Waals surface area (Å²) in [5, 5.41) is 7.40. The molecule has 0 aliphatic carbocycles. The van der Waals surface area contributed by atoms with Crippen molar-refractivity contribution < 1.29 is 0 Å². The van der Waals surface area contributed by atoms with Crippen LogP contribution in [0.15, 0.2) is 237 Å². The fourth-order valence-corrected chi connectivity index (χ4v) is 8.88. The van der Waals surface area contributed by atoms with Gasteiger partial charge in [0.1, 0.15) is 0 Å². The van der Waals surface area contributed by atoms with Crippen LogP contribution < -0.4 is 9.80 Å². The van der Waals surface area contributed by atoms with E-state index in [4.69, 9.17) is 0 Å². The maximum Gasteiger partial charge on any atom is 0.0561 e. The Balaban J connectivity index is 1.22. The van der Waals surface area contributed by atoms with Crippen molar-refractivity contribution in [3.63, 3.8) is 0 Å². The molecule has 0 unspecified atom stereocenters. The van der Waals surface area contributed by atoms with Crippen molar-refractivity contribution in [2.45, 2.75) is 0 Å². The van der Waals surface area contributed by atoms with Gasteiger partial charge in [-0.25, -0.2) is 0 Å². The van der Waals surface area contributed by atoms with Gasteiger partial charge in [0.2, 0.25) is 0 Å². The highest BCUT2D eigenvalue weighted by molar-refractivity contribution is 6.14. The van der Waals surface area contributed by atoms with Crippen LogP contribution in [-0.2, 0) is 0 Å². The largest absolute Gasteiger partial charge is 0.310 e. The van der Waals surface area contributed by atoms with E-state index in [9.17, 15) is 0 Å². The fraction of sp³-hybridized carbons (Fsp3) is 0. The van der Waals surface area contributed by atoms with Crippen molar-refractivity contribution in [2.24, 2.45) is 0 Å². The van der Waals surface area contributed by atoms with Crippen LogP contribution in [0.25, 0.3) is 60.2 Å². The Morgan fingerprint density at radius 1 is 0.271 bits per heavy atom. The van der Waals surface area contributed by atoms with E-state index in [2.05, 4.69) is 251 Å². The normalized spacial score (nSPS) is 11.4. The minimum Gasteiger partial charge on any atom is -0.310 e. The molecule has 278 valence electrons. The molecule has 0 amide bonds. The van der Waals surface area contributed by atoms with E-state index in [-0.39, 0.29) is 0 Å². The smallest absolute Gasteiger partial charge is 0.0561 e. The molecule has 0 N–H and O–H groups in total. The van der Waals surface area contributed by atoms with Gasteiger partial charge in [-0.3, -0.25) is 0 Å². The highest BCUT2D eigenvalue weighted by Gasteiger charge is 2.22. The summed E-state index contributed by atoms with van der Waals surface area (Å²) in [4.78, 5) is 4.78. The molecule has 0 atom stereocenters. The predicted molar refractivity (Wildman–Crippen MR) is 251 cm³/mol. The molecule has 0 saturated heterocycles. The van der Waals surface area contributed by atoms with Gasteiger partial charge in [0, 0.05) is 50.6 Å². The minimum absolute atomic E-state index is 1.06. The quantitative estimate of drug-likeness (QED) is 0.143. The Bertz CT molecular complexity index is 3220. The van der Waals surface area contributed by atoms with Gasteiger partial charge in [-0.05, 0) is 124 Å². The lowest BCUT2D eigenvalue weighted by molar-refractivity contribution is 1.18. The maximum absolute atomic E-state index is 2.41. The Labute approximate surface area is 343 Å². The third-order valence-electron chi connectivity index (χ3n) is 11.5. The summed E-state index contributed by atoms with van der Waals surface area (Å²) in [6, 6.07) is 85.5. The Kier molecular flexibility index (Phi) is 8.49. The molecule has 11 rings (SSSR count). The second kappa shape index (κ2) is 14.6. The van der Waals surface area contributed by atoms with Crippen LogP contribution in [0.5, 0.6) is 0 Å². The molecule has 59 heavy (non-hydrogen) atoms. The Hall–Kier alpha value is -7.88. The molecule has 1 aromatic heterocycles. The van der Waals surface area contributed by atoms with Gasteiger partial charge >= 0.3 is 0 Å². The first kappa shape index (κ1) is 34.4. The zero-order chi connectivity index (χ0) is 39.1. The third kappa shape index (κ3) is 6.08. The van der Waals surface area contributed by atoms with Crippen molar-refractivity contribution >= 4 is 77.5 Å². The molecular formula is C56H39N3. The van der Waals surface area contributed by atoms with Crippen LogP contribution in [0.3, 0.4) is 0 Å². The molecule has 0 bridgehead atoms. The molecule has 1 heterocycles. The lowest BCUT2D eigenvalue weighted by Gasteiger charge is -2.30. The Morgan fingerprint density at radius 2 is 0.746 bits per heavy atom. The summed E-state index contributed by atoms with van der Waals surface area (Å²) in [5.41, 5.74) is 12.2. The molecule has 11 aromatic rings. The van der Waals surface area contributed by atoms with E-state index < -0.39 is 0 Å². The summed E-state index contributed by atoms with van der Waals surface area (Å²) in [7, 11) is 0. The monoisotopic (exact) mass is 753 g/mol. The summed E-state index contributed by atoms with van der Waals surface area (Å²) in [6.07, 6.45) is 0. The van der Waals surface area contributed by atoms with Gasteiger partial charge in [0.15, 0.2) is 0 Å². The third-order valence-corrected chi connectivity index (χ3v) is 11.5. The average Bonchev–Trinajstić information content (AvgIpc) is 3.64. The van der Waals surface area contributed by atoms with E-state index in [0.717, 1.165) is 50.9 Å². The van der Waals surface area contributed by atoms with Gasteiger partial charge in [-0.1, -0.05) is 146 Å². The zero-order valence-corrected chi connectivity index (χ0v) is 32.4. The average molecular weight is 754 g/mol. The maximum atomic E-state index is 2.41. The summed E-state index contributed by atoms with van der Waals surface area (Å²) in [5.74, 6) is 0. The molecule has 0 saturated carbocycles. The molecule has 3 heteroatoms. The second-order valence-corrected chi connectivity index (χ2v) is 15.0. The van der Waals surface area contributed by atoms with Crippen molar-refractivity contribution in [1.29, 1.82) is 0 Å². The van der Waals surface area contributed by atoms with E-state index in [0.29, 0.717) is 0 Å². The van der Waals surface area contributed by atoms with Gasteiger partial charge < -0.3 is 14.4 Å². The van der Waals surface area contributed by atoms with Crippen LogP contribution in [0.2, 0.25) is 0 Å². The summed E-state index contributed by atoms with van der Waals surface area (Å²) in [6.45, 7) is 0. The van der Waals surface area contributed by atoms with Gasteiger partial charge in [-0.2, -0.15) is 0 Å².